The molecule has 23 heavy (non-hydrogen) atoms. The molecule has 0 bridgehead atoms. The summed E-state index contributed by atoms with van der Waals surface area (Å²) < 4.78 is 0. The van der Waals surface area contributed by atoms with Crippen molar-refractivity contribution in [2.45, 2.75) is 6.92 Å². The minimum absolute atomic E-state index is 0.105. The van der Waals surface area contributed by atoms with E-state index in [0.29, 0.717) is 11.3 Å². The van der Waals surface area contributed by atoms with Gasteiger partial charge < -0.3 is 10.4 Å². The van der Waals surface area contributed by atoms with Crippen molar-refractivity contribution in [2.24, 2.45) is 0 Å². The van der Waals surface area contributed by atoms with Gasteiger partial charge in [0.15, 0.2) is 0 Å². The van der Waals surface area contributed by atoms with Gasteiger partial charge in [-0.05, 0) is 42.1 Å². The molecule has 0 heterocycles. The van der Waals surface area contributed by atoms with Crippen LogP contribution in [-0.2, 0) is 0 Å². The van der Waals surface area contributed by atoms with E-state index in [-0.39, 0.29) is 11.5 Å². The van der Waals surface area contributed by atoms with Crippen LogP contribution in [-0.4, -0.2) is 17.0 Å². The van der Waals surface area contributed by atoms with Gasteiger partial charge in [-0.25, -0.2) is 4.79 Å². The van der Waals surface area contributed by atoms with Crippen molar-refractivity contribution in [3.05, 3.63) is 77.4 Å². The summed E-state index contributed by atoms with van der Waals surface area (Å²) in [7, 11) is 0. The summed E-state index contributed by atoms with van der Waals surface area (Å²) in [5, 5.41) is 13.9. The van der Waals surface area contributed by atoms with Crippen molar-refractivity contribution < 1.29 is 14.7 Å². The van der Waals surface area contributed by atoms with Crippen molar-refractivity contribution in [1.29, 1.82) is 0 Å². The average Bonchev–Trinajstić information content (AvgIpc) is 2.54. The van der Waals surface area contributed by atoms with E-state index < -0.39 is 5.97 Å². The van der Waals surface area contributed by atoms with E-state index in [1.165, 1.54) is 12.1 Å². The molecule has 0 saturated carbocycles. The first-order valence-electron chi connectivity index (χ1n) is 7.19. The highest BCUT2D eigenvalue weighted by Crippen LogP contribution is 2.23. The number of hydrogen-bond acceptors (Lipinski definition) is 2. The van der Waals surface area contributed by atoms with E-state index in [0.717, 1.165) is 16.3 Å². The molecular formula is C19H15NO3. The Morgan fingerprint density at radius 1 is 0.913 bits per heavy atom. The lowest BCUT2D eigenvalue weighted by Crippen LogP contribution is -2.13. The van der Waals surface area contributed by atoms with Gasteiger partial charge in [-0.1, -0.05) is 36.4 Å². The summed E-state index contributed by atoms with van der Waals surface area (Å²) in [6.45, 7) is 1.77. The van der Waals surface area contributed by atoms with Crippen LogP contribution in [0.4, 0.5) is 5.69 Å². The molecule has 114 valence electrons. The Bertz CT molecular complexity index is 910. The van der Waals surface area contributed by atoms with Gasteiger partial charge in [-0.2, -0.15) is 0 Å². The number of benzene rings is 3. The summed E-state index contributed by atoms with van der Waals surface area (Å²) >= 11 is 0. The smallest absolute Gasteiger partial charge is 0.335 e. The van der Waals surface area contributed by atoms with E-state index in [1.54, 1.807) is 13.0 Å². The maximum absolute atomic E-state index is 12.5. The predicted molar refractivity (Wildman–Crippen MR) is 90.0 cm³/mol. The molecule has 4 nitrogen and oxygen atoms in total. The number of fused-ring (bicyclic) bond motifs is 1. The maximum Gasteiger partial charge on any atom is 0.335 e. The van der Waals surface area contributed by atoms with Crippen LogP contribution in [0.2, 0.25) is 0 Å². The first kappa shape index (κ1) is 14.8. The molecule has 0 unspecified atom stereocenters. The molecule has 0 saturated heterocycles. The number of nitrogens with one attached hydrogen (secondary N) is 1. The summed E-state index contributed by atoms with van der Waals surface area (Å²) in [4.78, 5) is 23.6. The van der Waals surface area contributed by atoms with Crippen molar-refractivity contribution in [3.8, 4) is 0 Å². The molecule has 0 aliphatic heterocycles. The van der Waals surface area contributed by atoms with Crippen LogP contribution in [0, 0.1) is 6.92 Å². The molecule has 0 aliphatic carbocycles. The van der Waals surface area contributed by atoms with Crippen LogP contribution in [0.5, 0.6) is 0 Å². The Morgan fingerprint density at radius 2 is 1.61 bits per heavy atom. The van der Waals surface area contributed by atoms with Gasteiger partial charge >= 0.3 is 5.97 Å². The van der Waals surface area contributed by atoms with Crippen LogP contribution >= 0.6 is 0 Å². The summed E-state index contributed by atoms with van der Waals surface area (Å²) in [6.07, 6.45) is 0. The van der Waals surface area contributed by atoms with Gasteiger partial charge in [-0.3, -0.25) is 4.79 Å². The zero-order valence-corrected chi connectivity index (χ0v) is 12.5. The summed E-state index contributed by atoms with van der Waals surface area (Å²) in [6, 6.07) is 18.0. The lowest BCUT2D eigenvalue weighted by atomic mass is 10.1. The second-order valence-corrected chi connectivity index (χ2v) is 5.37. The Kier molecular flexibility index (Phi) is 3.81. The van der Waals surface area contributed by atoms with Crippen LogP contribution in [0.3, 0.4) is 0 Å². The molecule has 3 aromatic rings. The zero-order valence-electron chi connectivity index (χ0n) is 12.5. The highest BCUT2D eigenvalue weighted by molar-refractivity contribution is 6.10. The molecule has 3 aromatic carbocycles. The van der Waals surface area contributed by atoms with Crippen LogP contribution in [0.1, 0.15) is 26.3 Å². The molecule has 0 spiro atoms. The molecular weight excluding hydrogens is 290 g/mol. The lowest BCUT2D eigenvalue weighted by Gasteiger charge is -2.10. The fourth-order valence-electron chi connectivity index (χ4n) is 2.57. The van der Waals surface area contributed by atoms with Crippen LogP contribution < -0.4 is 5.32 Å². The number of hydrogen-bond donors (Lipinski definition) is 2. The van der Waals surface area contributed by atoms with Gasteiger partial charge in [-0.15, -0.1) is 0 Å². The van der Waals surface area contributed by atoms with Gasteiger partial charge in [0, 0.05) is 16.6 Å². The topological polar surface area (TPSA) is 66.4 Å². The number of amides is 1. The fourth-order valence-corrected chi connectivity index (χ4v) is 2.57. The minimum Gasteiger partial charge on any atom is -0.478 e. The number of carboxylic acid groups (broad SMARTS) is 1. The first-order chi connectivity index (χ1) is 11.0. The molecule has 0 fully saturated rings. The van der Waals surface area contributed by atoms with Crippen molar-refractivity contribution in [2.75, 3.05) is 5.32 Å². The summed E-state index contributed by atoms with van der Waals surface area (Å²) in [5.74, 6) is -1.37. The van der Waals surface area contributed by atoms with Crippen LogP contribution in [0.25, 0.3) is 10.8 Å². The Hall–Kier alpha value is -3.14. The highest BCUT2D eigenvalue weighted by atomic mass is 16.4. The SMILES string of the molecule is Cc1cc(C(=O)O)cc(C(=O)Nc2cccc3ccccc23)c1. The van der Waals surface area contributed by atoms with Crippen molar-refractivity contribution in [1.82, 2.24) is 0 Å². The van der Waals surface area contributed by atoms with Crippen molar-refractivity contribution in [3.63, 3.8) is 0 Å². The zero-order chi connectivity index (χ0) is 16.4. The molecule has 4 heteroatoms. The molecule has 0 radical (unpaired) electrons. The highest BCUT2D eigenvalue weighted by Gasteiger charge is 2.12. The van der Waals surface area contributed by atoms with Crippen molar-refractivity contribution >= 4 is 28.3 Å². The summed E-state index contributed by atoms with van der Waals surface area (Å²) in [5.41, 5.74) is 1.86. The molecule has 0 atom stereocenters. The number of aromatic carboxylic acids is 1. The third-order valence-corrected chi connectivity index (χ3v) is 3.62. The number of anilines is 1. The number of rotatable bonds is 3. The third kappa shape index (κ3) is 3.06. The standard InChI is InChI=1S/C19H15NO3/c1-12-9-14(11-15(10-12)19(22)23)18(21)20-17-8-4-6-13-5-2-3-7-16(13)17/h2-11H,1H3,(H,20,21)(H,22,23). The van der Waals surface area contributed by atoms with E-state index in [1.807, 2.05) is 42.5 Å². The Morgan fingerprint density at radius 3 is 2.39 bits per heavy atom. The maximum atomic E-state index is 12.5. The quantitative estimate of drug-likeness (QED) is 0.765. The number of carbonyl (C=O) groups excluding carboxylic acids is 1. The Labute approximate surface area is 133 Å². The predicted octanol–water partition coefficient (Wildman–Crippen LogP) is 4.10. The van der Waals surface area contributed by atoms with E-state index in [2.05, 4.69) is 5.32 Å². The average molecular weight is 305 g/mol. The molecule has 2 N–H and O–H groups in total. The number of carbonyl (C=O) groups is 2. The lowest BCUT2D eigenvalue weighted by molar-refractivity contribution is 0.0696. The molecule has 3 rings (SSSR count). The monoisotopic (exact) mass is 305 g/mol. The largest absolute Gasteiger partial charge is 0.478 e. The van der Waals surface area contributed by atoms with Gasteiger partial charge in [0.2, 0.25) is 0 Å². The van der Waals surface area contributed by atoms with Gasteiger partial charge in [0.05, 0.1) is 5.56 Å². The second kappa shape index (κ2) is 5.93. The minimum atomic E-state index is -1.05. The normalized spacial score (nSPS) is 10.5. The van der Waals surface area contributed by atoms with Gasteiger partial charge in [0.25, 0.3) is 5.91 Å². The second-order valence-electron chi connectivity index (χ2n) is 5.37. The molecule has 0 aromatic heterocycles. The number of carboxylic acids is 1. The van der Waals surface area contributed by atoms with E-state index in [9.17, 15) is 9.59 Å². The van der Waals surface area contributed by atoms with E-state index >= 15 is 0 Å². The van der Waals surface area contributed by atoms with E-state index in [4.69, 9.17) is 5.11 Å². The Balaban J connectivity index is 1.97. The molecule has 1 amide bonds. The first-order valence-corrected chi connectivity index (χ1v) is 7.19. The van der Waals surface area contributed by atoms with Crippen LogP contribution in [0.15, 0.2) is 60.7 Å². The fraction of sp³-hybridized carbons (Fsp3) is 0.0526. The van der Waals surface area contributed by atoms with Gasteiger partial charge in [0.1, 0.15) is 0 Å². The molecule has 0 aliphatic rings. The third-order valence-electron chi connectivity index (χ3n) is 3.62. The number of aryl methyl sites for hydroxylation is 1.